The summed E-state index contributed by atoms with van der Waals surface area (Å²) in [5.41, 5.74) is 4.48. The summed E-state index contributed by atoms with van der Waals surface area (Å²) in [5, 5.41) is 11.5. The highest BCUT2D eigenvalue weighted by molar-refractivity contribution is 5.85. The Bertz CT molecular complexity index is 1210. The third kappa shape index (κ3) is 5.92. The number of hydrogen-bond acceptors (Lipinski definition) is 4. The standard InChI is InChI=1S/C23H21F6N5O.ClH/c24-22(25,26)16-9-4-13(5-10-16)3-6-14-7-8-15(12-17(14)23(27,28)29)19-32-20(35-33-19)18-2-1-11-34(18)21(30)31;/h4-5,7-10,12,18H,1-3,6,11H2,(H3,30,31);1H. The van der Waals surface area contributed by atoms with E-state index in [1.807, 2.05) is 0 Å². The number of likely N-dealkylation sites (tertiary alicyclic amines) is 1. The van der Waals surface area contributed by atoms with E-state index in [4.69, 9.17) is 15.7 Å². The third-order valence-electron chi connectivity index (χ3n) is 5.93. The quantitative estimate of drug-likeness (QED) is 0.238. The molecule has 36 heavy (non-hydrogen) atoms. The highest BCUT2D eigenvalue weighted by atomic mass is 35.5. The number of nitrogens with two attached hydrogens (primary N) is 1. The van der Waals surface area contributed by atoms with E-state index in [9.17, 15) is 26.3 Å². The van der Waals surface area contributed by atoms with Crippen LogP contribution in [0.3, 0.4) is 0 Å². The van der Waals surface area contributed by atoms with E-state index in [1.165, 1.54) is 24.3 Å². The molecule has 4 rings (SSSR count). The topological polar surface area (TPSA) is 92.0 Å². The molecule has 194 valence electrons. The van der Waals surface area contributed by atoms with Gasteiger partial charge in [0.2, 0.25) is 11.7 Å². The number of nitrogens with one attached hydrogen (secondary N) is 1. The number of aryl methyl sites for hydroxylation is 2. The van der Waals surface area contributed by atoms with Gasteiger partial charge in [0.05, 0.1) is 11.1 Å². The lowest BCUT2D eigenvalue weighted by Gasteiger charge is -2.21. The molecular weight excluding hydrogens is 512 g/mol. The van der Waals surface area contributed by atoms with Crippen molar-refractivity contribution in [1.82, 2.24) is 15.0 Å². The molecule has 3 N–H and O–H groups in total. The van der Waals surface area contributed by atoms with Gasteiger partial charge in [-0.3, -0.25) is 5.41 Å². The molecule has 1 saturated heterocycles. The molecule has 6 nitrogen and oxygen atoms in total. The van der Waals surface area contributed by atoms with Crippen molar-refractivity contribution in [2.24, 2.45) is 5.73 Å². The van der Waals surface area contributed by atoms with Gasteiger partial charge in [-0.15, -0.1) is 12.4 Å². The zero-order valence-corrected chi connectivity index (χ0v) is 19.5. The Balaban J connectivity index is 0.00000361. The van der Waals surface area contributed by atoms with Gasteiger partial charge in [0.1, 0.15) is 6.04 Å². The van der Waals surface area contributed by atoms with E-state index in [1.54, 1.807) is 4.90 Å². The summed E-state index contributed by atoms with van der Waals surface area (Å²) in [7, 11) is 0. The molecule has 0 radical (unpaired) electrons. The van der Waals surface area contributed by atoms with Gasteiger partial charge in [-0.05, 0) is 55.0 Å². The molecule has 1 unspecified atom stereocenters. The van der Waals surface area contributed by atoms with Crippen LogP contribution in [-0.2, 0) is 25.2 Å². The Kier molecular flexibility index (Phi) is 7.87. The summed E-state index contributed by atoms with van der Waals surface area (Å²) in [5.74, 6) is 0.00633. The largest absolute Gasteiger partial charge is 0.416 e. The van der Waals surface area contributed by atoms with Gasteiger partial charge in [0.15, 0.2) is 5.96 Å². The van der Waals surface area contributed by atoms with E-state index in [0.717, 1.165) is 24.6 Å². The summed E-state index contributed by atoms with van der Waals surface area (Å²) in [6.45, 7) is 0.545. The van der Waals surface area contributed by atoms with Crippen LogP contribution >= 0.6 is 12.4 Å². The lowest BCUT2D eigenvalue weighted by atomic mass is 9.97. The Labute approximate surface area is 208 Å². The van der Waals surface area contributed by atoms with Crippen molar-refractivity contribution >= 4 is 18.4 Å². The maximum absolute atomic E-state index is 13.8. The molecule has 1 aliphatic rings. The van der Waals surface area contributed by atoms with Crippen LogP contribution in [0.4, 0.5) is 26.3 Å². The second-order valence-corrected chi connectivity index (χ2v) is 8.26. The monoisotopic (exact) mass is 533 g/mol. The smallest absolute Gasteiger partial charge is 0.370 e. The van der Waals surface area contributed by atoms with Crippen molar-refractivity contribution in [2.45, 2.75) is 44.1 Å². The minimum absolute atomic E-state index is 0. The summed E-state index contributed by atoms with van der Waals surface area (Å²) in [6.07, 6.45) is -7.64. The van der Waals surface area contributed by atoms with Crippen LogP contribution < -0.4 is 5.73 Å². The molecule has 2 heterocycles. The number of benzene rings is 2. The lowest BCUT2D eigenvalue weighted by molar-refractivity contribution is -0.138. The van der Waals surface area contributed by atoms with Crippen molar-refractivity contribution in [3.8, 4) is 11.4 Å². The predicted molar refractivity (Wildman–Crippen MR) is 121 cm³/mol. The molecule has 1 aliphatic heterocycles. The fourth-order valence-electron chi connectivity index (χ4n) is 4.14. The fourth-order valence-corrected chi connectivity index (χ4v) is 4.14. The normalized spacial score (nSPS) is 16.2. The van der Waals surface area contributed by atoms with Crippen LogP contribution in [0.1, 0.15) is 47.0 Å². The van der Waals surface area contributed by atoms with Gasteiger partial charge in [-0.1, -0.05) is 29.4 Å². The van der Waals surface area contributed by atoms with E-state index in [-0.39, 0.29) is 54.1 Å². The van der Waals surface area contributed by atoms with Crippen LogP contribution in [0.25, 0.3) is 11.4 Å². The number of guanidine groups is 1. The maximum Gasteiger partial charge on any atom is 0.416 e. The predicted octanol–water partition coefficient (Wildman–Crippen LogP) is 6.01. The summed E-state index contributed by atoms with van der Waals surface area (Å²) in [6, 6.07) is 7.65. The number of alkyl halides is 6. The molecule has 3 aromatic rings. The van der Waals surface area contributed by atoms with E-state index >= 15 is 0 Å². The van der Waals surface area contributed by atoms with Crippen molar-refractivity contribution in [1.29, 1.82) is 5.41 Å². The molecule has 1 fully saturated rings. The highest BCUT2D eigenvalue weighted by Crippen LogP contribution is 2.36. The summed E-state index contributed by atoms with van der Waals surface area (Å²) in [4.78, 5) is 5.82. The van der Waals surface area contributed by atoms with E-state index in [2.05, 4.69) is 10.1 Å². The van der Waals surface area contributed by atoms with Crippen LogP contribution in [0.2, 0.25) is 0 Å². The maximum atomic E-state index is 13.8. The molecule has 0 saturated carbocycles. The first-order valence-corrected chi connectivity index (χ1v) is 10.7. The lowest BCUT2D eigenvalue weighted by Crippen LogP contribution is -2.35. The van der Waals surface area contributed by atoms with Gasteiger partial charge < -0.3 is 15.2 Å². The molecule has 2 aromatic carbocycles. The Morgan fingerprint density at radius 3 is 2.33 bits per heavy atom. The first-order valence-electron chi connectivity index (χ1n) is 10.7. The number of aromatic nitrogens is 2. The summed E-state index contributed by atoms with van der Waals surface area (Å²) < 4.78 is 84.8. The highest BCUT2D eigenvalue weighted by Gasteiger charge is 2.35. The molecule has 0 spiro atoms. The minimum Gasteiger partial charge on any atom is -0.370 e. The average molecular weight is 534 g/mol. The van der Waals surface area contributed by atoms with E-state index < -0.39 is 29.5 Å². The molecule has 1 aromatic heterocycles. The number of hydrogen-bond donors (Lipinski definition) is 2. The zero-order chi connectivity index (χ0) is 25.4. The minimum atomic E-state index is -4.66. The van der Waals surface area contributed by atoms with Crippen LogP contribution in [0, 0.1) is 5.41 Å². The van der Waals surface area contributed by atoms with Gasteiger partial charge in [0, 0.05) is 12.1 Å². The average Bonchev–Trinajstić information content (AvgIpc) is 3.46. The number of nitrogens with zero attached hydrogens (tertiary/aromatic N) is 3. The Morgan fingerprint density at radius 1 is 1.03 bits per heavy atom. The third-order valence-corrected chi connectivity index (χ3v) is 5.93. The van der Waals surface area contributed by atoms with Crippen LogP contribution in [-0.4, -0.2) is 27.5 Å². The molecule has 1 atom stereocenters. The van der Waals surface area contributed by atoms with Crippen molar-refractivity contribution < 1.29 is 30.9 Å². The van der Waals surface area contributed by atoms with Gasteiger partial charge >= 0.3 is 12.4 Å². The molecule has 0 amide bonds. The van der Waals surface area contributed by atoms with Crippen LogP contribution in [0.5, 0.6) is 0 Å². The molecule has 13 heteroatoms. The first kappa shape index (κ1) is 27.3. The van der Waals surface area contributed by atoms with Crippen LogP contribution in [0.15, 0.2) is 47.0 Å². The first-order chi connectivity index (χ1) is 16.4. The zero-order valence-electron chi connectivity index (χ0n) is 18.7. The molecular formula is C23H22ClF6N5O. The van der Waals surface area contributed by atoms with Crippen molar-refractivity contribution in [3.05, 3.63) is 70.6 Å². The Morgan fingerprint density at radius 2 is 1.72 bits per heavy atom. The number of halogens is 7. The second-order valence-electron chi connectivity index (χ2n) is 8.26. The van der Waals surface area contributed by atoms with Crippen molar-refractivity contribution in [2.75, 3.05) is 6.54 Å². The molecule has 0 bridgehead atoms. The van der Waals surface area contributed by atoms with Crippen molar-refractivity contribution in [3.63, 3.8) is 0 Å². The number of rotatable bonds is 5. The van der Waals surface area contributed by atoms with Gasteiger partial charge in [0.25, 0.3) is 0 Å². The van der Waals surface area contributed by atoms with E-state index in [0.29, 0.717) is 18.5 Å². The summed E-state index contributed by atoms with van der Waals surface area (Å²) >= 11 is 0. The second kappa shape index (κ2) is 10.4. The SMILES string of the molecule is Cl.N=C(N)N1CCCC1c1nc(-c2ccc(CCc3ccc(C(F)(F)F)cc3)c(C(F)(F)F)c2)no1. The Hall–Kier alpha value is -3.28. The molecule has 0 aliphatic carbocycles. The van der Waals surface area contributed by atoms with Gasteiger partial charge in [-0.25, -0.2) is 0 Å². The van der Waals surface area contributed by atoms with Gasteiger partial charge in [-0.2, -0.15) is 31.3 Å². The fraction of sp³-hybridized carbons (Fsp3) is 0.348.